The molecule has 0 saturated heterocycles. The molecule has 0 amide bonds. The van der Waals surface area contributed by atoms with Gasteiger partial charge in [-0.2, -0.15) is 0 Å². The summed E-state index contributed by atoms with van der Waals surface area (Å²) in [7, 11) is 0. The van der Waals surface area contributed by atoms with Crippen molar-refractivity contribution >= 4 is 0 Å². The second-order valence-electron chi connectivity index (χ2n) is 2.40. The Morgan fingerprint density at radius 1 is 1.36 bits per heavy atom. The molecular formula is C9H12F2. The molecule has 0 heterocycles. The van der Waals surface area contributed by atoms with E-state index < -0.39 is 5.83 Å². The molecular weight excluding hydrogens is 146 g/mol. The fraction of sp³-hybridized carbons (Fsp3) is 0.333. The third-order valence-corrected chi connectivity index (χ3v) is 1.21. The molecule has 0 aliphatic heterocycles. The van der Waals surface area contributed by atoms with Gasteiger partial charge in [0.25, 0.3) is 0 Å². The standard InChI is InChI=1S/C9H12F2/c1-4-8(10)5-6-9(11)7(2)3/h4-5H,1,6H2,2-3H3. The van der Waals surface area contributed by atoms with E-state index in [-0.39, 0.29) is 12.2 Å². The Hall–Kier alpha value is -0.920. The van der Waals surface area contributed by atoms with Crippen LogP contribution in [0, 0.1) is 0 Å². The van der Waals surface area contributed by atoms with Crippen LogP contribution in [0.25, 0.3) is 0 Å². The number of rotatable bonds is 3. The van der Waals surface area contributed by atoms with Crippen LogP contribution in [0.2, 0.25) is 0 Å². The average molecular weight is 158 g/mol. The molecule has 62 valence electrons. The van der Waals surface area contributed by atoms with Gasteiger partial charge in [-0.05, 0) is 31.6 Å². The van der Waals surface area contributed by atoms with Gasteiger partial charge >= 0.3 is 0 Å². The Labute approximate surface area is 65.9 Å². The largest absolute Gasteiger partial charge is 0.212 e. The number of allylic oxidation sites excluding steroid dienone is 5. The molecule has 0 spiro atoms. The minimum Gasteiger partial charge on any atom is -0.212 e. The lowest BCUT2D eigenvalue weighted by atomic mass is 10.2. The van der Waals surface area contributed by atoms with Gasteiger partial charge in [-0.1, -0.05) is 6.58 Å². The molecule has 0 aliphatic carbocycles. The lowest BCUT2D eigenvalue weighted by molar-refractivity contribution is 0.596. The highest BCUT2D eigenvalue weighted by atomic mass is 19.1. The average Bonchev–Trinajstić information content (AvgIpc) is 1.99. The molecule has 0 radical (unpaired) electrons. The van der Waals surface area contributed by atoms with Gasteiger partial charge in [-0.3, -0.25) is 0 Å². The SMILES string of the molecule is C=CC(F)=CCC(F)=C(C)C. The second-order valence-corrected chi connectivity index (χ2v) is 2.40. The van der Waals surface area contributed by atoms with Gasteiger partial charge in [0.15, 0.2) is 0 Å². The molecule has 2 heteroatoms. The molecule has 0 aliphatic rings. The van der Waals surface area contributed by atoms with Crippen molar-refractivity contribution in [2.75, 3.05) is 0 Å². The van der Waals surface area contributed by atoms with Gasteiger partial charge in [0.05, 0.1) is 0 Å². The van der Waals surface area contributed by atoms with E-state index >= 15 is 0 Å². The minimum atomic E-state index is -0.485. The van der Waals surface area contributed by atoms with Gasteiger partial charge in [0.1, 0.15) is 11.7 Å². The van der Waals surface area contributed by atoms with E-state index in [1.165, 1.54) is 0 Å². The molecule has 0 N–H and O–H groups in total. The first-order valence-electron chi connectivity index (χ1n) is 3.38. The summed E-state index contributed by atoms with van der Waals surface area (Å²) in [5.74, 6) is -0.775. The molecule has 0 aromatic rings. The maximum Gasteiger partial charge on any atom is 0.119 e. The lowest BCUT2D eigenvalue weighted by Gasteiger charge is -1.93. The van der Waals surface area contributed by atoms with Crippen molar-refractivity contribution in [2.24, 2.45) is 0 Å². The van der Waals surface area contributed by atoms with E-state index in [4.69, 9.17) is 0 Å². The van der Waals surface area contributed by atoms with Crippen LogP contribution >= 0.6 is 0 Å². The smallest absolute Gasteiger partial charge is 0.119 e. The van der Waals surface area contributed by atoms with Crippen molar-refractivity contribution in [3.8, 4) is 0 Å². The zero-order valence-corrected chi connectivity index (χ0v) is 6.82. The summed E-state index contributed by atoms with van der Waals surface area (Å²) in [5, 5.41) is 0. The third-order valence-electron chi connectivity index (χ3n) is 1.21. The van der Waals surface area contributed by atoms with Crippen LogP contribution in [-0.2, 0) is 0 Å². The highest BCUT2D eigenvalue weighted by molar-refractivity contribution is 5.13. The normalized spacial score (nSPS) is 11.1. The van der Waals surface area contributed by atoms with Crippen LogP contribution in [0.3, 0.4) is 0 Å². The Kier molecular flexibility index (Phi) is 4.42. The van der Waals surface area contributed by atoms with Gasteiger partial charge < -0.3 is 0 Å². The zero-order valence-electron chi connectivity index (χ0n) is 6.82. The highest BCUT2D eigenvalue weighted by Crippen LogP contribution is 2.12. The van der Waals surface area contributed by atoms with Crippen molar-refractivity contribution in [3.05, 3.63) is 36.0 Å². The summed E-state index contributed by atoms with van der Waals surface area (Å²) in [6, 6.07) is 0. The van der Waals surface area contributed by atoms with E-state index in [1.54, 1.807) is 13.8 Å². The molecule has 0 rings (SSSR count). The van der Waals surface area contributed by atoms with Gasteiger partial charge in [-0.15, -0.1) is 0 Å². The van der Waals surface area contributed by atoms with E-state index in [0.717, 1.165) is 12.2 Å². The van der Waals surface area contributed by atoms with Crippen LogP contribution in [0.15, 0.2) is 36.0 Å². The number of hydrogen-bond acceptors (Lipinski definition) is 0. The fourth-order valence-corrected chi connectivity index (χ4v) is 0.475. The van der Waals surface area contributed by atoms with Crippen molar-refractivity contribution in [2.45, 2.75) is 20.3 Å². The van der Waals surface area contributed by atoms with Crippen LogP contribution in [-0.4, -0.2) is 0 Å². The molecule has 0 fully saturated rings. The second kappa shape index (κ2) is 4.83. The summed E-state index contributed by atoms with van der Waals surface area (Å²) >= 11 is 0. The van der Waals surface area contributed by atoms with Crippen LogP contribution in [0.4, 0.5) is 8.78 Å². The fourth-order valence-electron chi connectivity index (χ4n) is 0.475. The molecule has 0 aromatic carbocycles. The van der Waals surface area contributed by atoms with Crippen LogP contribution < -0.4 is 0 Å². The molecule has 0 unspecified atom stereocenters. The summed E-state index contributed by atoms with van der Waals surface area (Å²) in [4.78, 5) is 0. The van der Waals surface area contributed by atoms with Crippen molar-refractivity contribution in [1.82, 2.24) is 0 Å². The van der Waals surface area contributed by atoms with E-state index in [0.29, 0.717) is 5.57 Å². The van der Waals surface area contributed by atoms with Crippen molar-refractivity contribution < 1.29 is 8.78 Å². The highest BCUT2D eigenvalue weighted by Gasteiger charge is 1.94. The zero-order chi connectivity index (χ0) is 8.85. The first kappa shape index (κ1) is 10.1. The molecule has 0 nitrogen and oxygen atoms in total. The Morgan fingerprint density at radius 2 is 1.91 bits per heavy atom. The maximum absolute atomic E-state index is 12.7. The molecule has 0 saturated carbocycles. The van der Waals surface area contributed by atoms with E-state index in [2.05, 4.69) is 6.58 Å². The maximum atomic E-state index is 12.7. The van der Waals surface area contributed by atoms with E-state index in [1.807, 2.05) is 0 Å². The Balaban J connectivity index is 4.09. The molecule has 0 bridgehead atoms. The lowest BCUT2D eigenvalue weighted by Crippen LogP contribution is -1.76. The van der Waals surface area contributed by atoms with Crippen molar-refractivity contribution in [3.63, 3.8) is 0 Å². The predicted molar refractivity (Wildman–Crippen MR) is 43.5 cm³/mol. The monoisotopic (exact) mass is 158 g/mol. The number of hydrogen-bond donors (Lipinski definition) is 0. The van der Waals surface area contributed by atoms with Crippen LogP contribution in [0.1, 0.15) is 20.3 Å². The third kappa shape index (κ3) is 4.48. The summed E-state index contributed by atoms with van der Waals surface area (Å²) < 4.78 is 25.0. The van der Waals surface area contributed by atoms with Gasteiger partial charge in [0.2, 0.25) is 0 Å². The summed E-state index contributed by atoms with van der Waals surface area (Å²) in [6.45, 7) is 6.50. The molecule has 11 heavy (non-hydrogen) atoms. The van der Waals surface area contributed by atoms with Crippen molar-refractivity contribution in [1.29, 1.82) is 0 Å². The first-order valence-corrected chi connectivity index (χ1v) is 3.38. The van der Waals surface area contributed by atoms with Crippen LogP contribution in [0.5, 0.6) is 0 Å². The topological polar surface area (TPSA) is 0 Å². The van der Waals surface area contributed by atoms with Gasteiger partial charge in [-0.25, -0.2) is 8.78 Å². The Bertz CT molecular complexity index is 196. The molecule has 0 aromatic heterocycles. The Morgan fingerprint density at radius 3 is 2.27 bits per heavy atom. The van der Waals surface area contributed by atoms with E-state index in [9.17, 15) is 8.78 Å². The predicted octanol–water partition coefficient (Wildman–Crippen LogP) is 3.68. The molecule has 0 atom stereocenters. The quantitative estimate of drug-likeness (QED) is 0.549. The van der Waals surface area contributed by atoms with Gasteiger partial charge in [0, 0.05) is 6.42 Å². The summed E-state index contributed by atoms with van der Waals surface area (Å²) in [5.41, 5.74) is 0.582. The summed E-state index contributed by atoms with van der Waals surface area (Å²) in [6.07, 6.45) is 2.23. The minimum absolute atomic E-state index is 0.0141. The first-order chi connectivity index (χ1) is 5.07. The number of halogens is 2.